The van der Waals surface area contributed by atoms with Crippen LogP contribution in [0.5, 0.6) is 0 Å². The van der Waals surface area contributed by atoms with Crippen LogP contribution < -0.4 is 4.90 Å². The monoisotopic (exact) mass is 343 g/mol. The van der Waals surface area contributed by atoms with Gasteiger partial charge in [0.25, 0.3) is 0 Å². The average Bonchev–Trinajstić information content (AvgIpc) is 3.17. The van der Waals surface area contributed by atoms with Crippen molar-refractivity contribution in [1.29, 1.82) is 0 Å². The predicted molar refractivity (Wildman–Crippen MR) is 108 cm³/mol. The first-order chi connectivity index (χ1) is 12.8. The first-order valence-electron chi connectivity index (χ1n) is 9.34. The average molecular weight is 343 g/mol. The maximum atomic E-state index is 4.74. The Balaban J connectivity index is 1.63. The number of pyridine rings is 1. The molecule has 3 nitrogen and oxygen atoms in total. The van der Waals surface area contributed by atoms with Gasteiger partial charge in [-0.1, -0.05) is 54.6 Å². The zero-order valence-electron chi connectivity index (χ0n) is 15.3. The molecule has 1 saturated heterocycles. The largest absolute Gasteiger partial charge is 0.329 e. The fourth-order valence-corrected chi connectivity index (χ4v) is 3.91. The van der Waals surface area contributed by atoms with E-state index in [0.717, 1.165) is 18.9 Å². The summed E-state index contributed by atoms with van der Waals surface area (Å²) in [5, 5.41) is 0. The number of anilines is 2. The van der Waals surface area contributed by atoms with Gasteiger partial charge in [0.1, 0.15) is 5.82 Å². The molecule has 26 heavy (non-hydrogen) atoms. The number of para-hydroxylation sites is 1. The number of hydrogen-bond donors (Lipinski definition) is 0. The Kier molecular flexibility index (Phi) is 4.98. The third kappa shape index (κ3) is 3.49. The van der Waals surface area contributed by atoms with E-state index in [4.69, 9.17) is 4.98 Å². The molecule has 0 spiro atoms. The van der Waals surface area contributed by atoms with Crippen LogP contribution in [0.3, 0.4) is 0 Å². The van der Waals surface area contributed by atoms with Crippen molar-refractivity contribution in [3.05, 3.63) is 90.1 Å². The predicted octanol–water partition coefficient (Wildman–Crippen LogP) is 5.19. The number of rotatable bonds is 5. The van der Waals surface area contributed by atoms with Crippen molar-refractivity contribution in [3.8, 4) is 0 Å². The van der Waals surface area contributed by atoms with Gasteiger partial charge in [-0.2, -0.15) is 0 Å². The highest BCUT2D eigenvalue weighted by atomic mass is 15.2. The van der Waals surface area contributed by atoms with Crippen molar-refractivity contribution < 1.29 is 0 Å². The molecule has 1 aliphatic rings. The van der Waals surface area contributed by atoms with E-state index in [9.17, 15) is 0 Å². The van der Waals surface area contributed by atoms with E-state index in [1.807, 2.05) is 6.20 Å². The Labute approximate surface area is 155 Å². The van der Waals surface area contributed by atoms with Gasteiger partial charge in [-0.15, -0.1) is 0 Å². The molecule has 0 radical (unpaired) electrons. The summed E-state index contributed by atoms with van der Waals surface area (Å²) < 4.78 is 0. The molecule has 0 unspecified atom stereocenters. The number of likely N-dealkylation sites (tertiary alicyclic amines) is 1. The van der Waals surface area contributed by atoms with Gasteiger partial charge < -0.3 is 4.90 Å². The number of benzene rings is 2. The summed E-state index contributed by atoms with van der Waals surface area (Å²) in [6.07, 6.45) is 4.32. The minimum absolute atomic E-state index is 0.421. The van der Waals surface area contributed by atoms with Gasteiger partial charge in [0.05, 0.1) is 0 Å². The zero-order valence-corrected chi connectivity index (χ0v) is 15.3. The fraction of sp³-hybridized carbons (Fsp3) is 0.261. The molecule has 1 aromatic heterocycles. The minimum atomic E-state index is 0.421. The van der Waals surface area contributed by atoms with Crippen molar-refractivity contribution in [1.82, 2.24) is 9.88 Å². The van der Waals surface area contributed by atoms with Gasteiger partial charge in [-0.3, -0.25) is 4.90 Å². The molecule has 2 aromatic carbocycles. The maximum absolute atomic E-state index is 4.74. The molecule has 0 N–H and O–H groups in total. The summed E-state index contributed by atoms with van der Waals surface area (Å²) in [6.45, 7) is 2.14. The van der Waals surface area contributed by atoms with Gasteiger partial charge in [0.15, 0.2) is 0 Å². The Morgan fingerprint density at radius 3 is 2.46 bits per heavy atom. The van der Waals surface area contributed by atoms with E-state index in [-0.39, 0.29) is 0 Å². The molecule has 1 aliphatic heterocycles. The smallest absolute Gasteiger partial charge is 0.137 e. The van der Waals surface area contributed by atoms with Gasteiger partial charge in [-0.05, 0) is 43.1 Å². The molecular weight excluding hydrogens is 318 g/mol. The van der Waals surface area contributed by atoms with Gasteiger partial charge in [0.2, 0.25) is 0 Å². The van der Waals surface area contributed by atoms with Crippen molar-refractivity contribution in [3.63, 3.8) is 0 Å². The van der Waals surface area contributed by atoms with Crippen molar-refractivity contribution in [2.75, 3.05) is 18.5 Å². The normalized spacial score (nSPS) is 17.3. The summed E-state index contributed by atoms with van der Waals surface area (Å²) in [5.74, 6) is 1.06. The van der Waals surface area contributed by atoms with Gasteiger partial charge in [-0.25, -0.2) is 4.98 Å². The summed E-state index contributed by atoms with van der Waals surface area (Å²) in [5.41, 5.74) is 3.87. The molecule has 4 rings (SSSR count). The second-order valence-electron chi connectivity index (χ2n) is 6.92. The van der Waals surface area contributed by atoms with E-state index >= 15 is 0 Å². The lowest BCUT2D eigenvalue weighted by atomic mass is 10.0. The first-order valence-corrected chi connectivity index (χ1v) is 9.34. The third-order valence-corrected chi connectivity index (χ3v) is 5.23. The molecule has 132 valence electrons. The molecule has 0 saturated carbocycles. The Morgan fingerprint density at radius 1 is 0.962 bits per heavy atom. The molecule has 3 aromatic rings. The van der Waals surface area contributed by atoms with Gasteiger partial charge in [0, 0.05) is 37.1 Å². The molecular formula is C23H25N3. The highest BCUT2D eigenvalue weighted by Crippen LogP contribution is 2.38. The number of hydrogen-bond acceptors (Lipinski definition) is 3. The van der Waals surface area contributed by atoms with E-state index in [0.29, 0.717) is 6.04 Å². The van der Waals surface area contributed by atoms with E-state index < -0.39 is 0 Å². The highest BCUT2D eigenvalue weighted by Gasteiger charge is 2.29. The first kappa shape index (κ1) is 16.8. The Hall–Kier alpha value is -2.65. The lowest BCUT2D eigenvalue weighted by Gasteiger charge is -2.29. The lowest BCUT2D eigenvalue weighted by molar-refractivity contribution is 0.248. The van der Waals surface area contributed by atoms with Crippen LogP contribution in [0.25, 0.3) is 0 Å². The molecule has 2 heterocycles. The standard InChI is InChI=1S/C23H25N3/c1-25(20-12-6-3-7-13-20)23-21(14-8-16-24-23)22-15-9-17-26(22)18-19-10-4-2-5-11-19/h2-8,10-14,16,22H,9,15,17-18H2,1H3/t22-/m0/s1. The molecule has 1 fully saturated rings. The van der Waals surface area contributed by atoms with Crippen molar-refractivity contribution in [2.24, 2.45) is 0 Å². The maximum Gasteiger partial charge on any atom is 0.137 e. The van der Waals surface area contributed by atoms with Gasteiger partial charge >= 0.3 is 0 Å². The van der Waals surface area contributed by atoms with Crippen LogP contribution in [0.4, 0.5) is 11.5 Å². The Morgan fingerprint density at radius 2 is 1.69 bits per heavy atom. The van der Waals surface area contributed by atoms with Crippen LogP contribution in [-0.2, 0) is 6.54 Å². The zero-order chi connectivity index (χ0) is 17.8. The van der Waals surface area contributed by atoms with Crippen LogP contribution in [0.15, 0.2) is 79.0 Å². The van der Waals surface area contributed by atoms with Crippen molar-refractivity contribution >= 4 is 11.5 Å². The Bertz CT molecular complexity index is 832. The fourth-order valence-electron chi connectivity index (χ4n) is 3.91. The number of aromatic nitrogens is 1. The third-order valence-electron chi connectivity index (χ3n) is 5.23. The highest BCUT2D eigenvalue weighted by molar-refractivity contribution is 5.62. The van der Waals surface area contributed by atoms with E-state index in [2.05, 4.69) is 89.6 Å². The second-order valence-corrected chi connectivity index (χ2v) is 6.92. The second kappa shape index (κ2) is 7.71. The van der Waals surface area contributed by atoms with E-state index in [1.165, 1.54) is 29.7 Å². The minimum Gasteiger partial charge on any atom is -0.329 e. The summed E-state index contributed by atoms with van der Waals surface area (Å²) in [6, 6.07) is 26.0. The van der Waals surface area contributed by atoms with Crippen LogP contribution in [-0.4, -0.2) is 23.5 Å². The quantitative estimate of drug-likeness (QED) is 0.636. The van der Waals surface area contributed by atoms with Crippen LogP contribution >= 0.6 is 0 Å². The lowest BCUT2D eigenvalue weighted by Crippen LogP contribution is -2.25. The number of nitrogens with zero attached hydrogens (tertiary/aromatic N) is 3. The molecule has 0 aliphatic carbocycles. The van der Waals surface area contributed by atoms with Crippen molar-refractivity contribution in [2.45, 2.75) is 25.4 Å². The molecule has 0 amide bonds. The summed E-state index contributed by atoms with van der Waals surface area (Å²) in [7, 11) is 2.11. The summed E-state index contributed by atoms with van der Waals surface area (Å²) >= 11 is 0. The van der Waals surface area contributed by atoms with Crippen LogP contribution in [0, 0.1) is 0 Å². The molecule has 1 atom stereocenters. The topological polar surface area (TPSA) is 19.4 Å². The molecule has 0 bridgehead atoms. The van der Waals surface area contributed by atoms with E-state index in [1.54, 1.807) is 0 Å². The SMILES string of the molecule is CN(c1ccccc1)c1ncccc1[C@@H]1CCCN1Cc1ccccc1. The molecule has 3 heteroatoms. The van der Waals surface area contributed by atoms with Crippen LogP contribution in [0.2, 0.25) is 0 Å². The van der Waals surface area contributed by atoms with Crippen LogP contribution in [0.1, 0.15) is 30.0 Å². The summed E-state index contributed by atoms with van der Waals surface area (Å²) in [4.78, 5) is 9.53.